The van der Waals surface area contributed by atoms with Gasteiger partial charge in [-0.3, -0.25) is 4.79 Å². The van der Waals surface area contributed by atoms with E-state index in [1.807, 2.05) is 0 Å². The lowest BCUT2D eigenvalue weighted by atomic mass is 9.80. The van der Waals surface area contributed by atoms with Crippen LogP contribution in [-0.4, -0.2) is 19.0 Å². The molecule has 2 aliphatic rings. The van der Waals surface area contributed by atoms with E-state index in [0.717, 1.165) is 25.3 Å². The summed E-state index contributed by atoms with van der Waals surface area (Å²) in [5.74, 6) is 1.65. The maximum atomic E-state index is 11.9. The normalized spacial score (nSPS) is 32.1. The van der Waals surface area contributed by atoms with Crippen LogP contribution in [-0.2, 0) is 4.79 Å². The van der Waals surface area contributed by atoms with Crippen molar-refractivity contribution in [1.29, 1.82) is 0 Å². The van der Waals surface area contributed by atoms with Gasteiger partial charge in [0.1, 0.15) is 0 Å². The Morgan fingerprint density at radius 1 is 1.38 bits per heavy atom. The maximum Gasteiger partial charge on any atom is 0.227 e. The first-order valence-electron chi connectivity index (χ1n) is 6.66. The molecule has 0 aromatic heterocycles. The van der Waals surface area contributed by atoms with Crippen LogP contribution in [0, 0.1) is 17.3 Å². The highest BCUT2D eigenvalue weighted by Gasteiger charge is 2.48. The molecule has 0 spiro atoms. The van der Waals surface area contributed by atoms with Crippen LogP contribution in [0.3, 0.4) is 0 Å². The second kappa shape index (κ2) is 4.74. The summed E-state index contributed by atoms with van der Waals surface area (Å²) in [5, 5.41) is 3.12. The highest BCUT2D eigenvalue weighted by Crippen LogP contribution is 2.44. The molecule has 0 radical (unpaired) electrons. The first-order valence-corrected chi connectivity index (χ1v) is 6.66. The minimum absolute atomic E-state index is 0.183. The van der Waals surface area contributed by atoms with Crippen LogP contribution in [0.1, 0.15) is 45.4 Å². The van der Waals surface area contributed by atoms with E-state index in [1.54, 1.807) is 0 Å². The fourth-order valence-electron chi connectivity index (χ4n) is 2.78. The third-order valence-corrected chi connectivity index (χ3v) is 4.54. The molecule has 2 atom stereocenters. The number of carbonyl (C=O) groups excluding carboxylic acids is 1. The zero-order valence-corrected chi connectivity index (χ0v) is 10.3. The Hall–Kier alpha value is -0.570. The lowest BCUT2D eigenvalue weighted by Crippen LogP contribution is -2.40. The predicted octanol–water partition coefficient (Wildman–Crippen LogP) is 1.67. The molecule has 2 saturated carbocycles. The summed E-state index contributed by atoms with van der Waals surface area (Å²) in [6.07, 6.45) is 7.25. The standard InChI is InChI=1S/C13H24N2O/c1-10-4-2-3-5-11(10)8-15-12(16)13(9-14)6-7-13/h10-11H,2-9,14H2,1H3,(H,15,16). The molecule has 1 amide bonds. The van der Waals surface area contributed by atoms with Gasteiger partial charge in [0.25, 0.3) is 0 Å². The Labute approximate surface area is 98.2 Å². The van der Waals surface area contributed by atoms with Crippen molar-refractivity contribution < 1.29 is 4.79 Å². The van der Waals surface area contributed by atoms with Gasteiger partial charge in [0, 0.05) is 13.1 Å². The van der Waals surface area contributed by atoms with Crippen LogP contribution in [0.4, 0.5) is 0 Å². The van der Waals surface area contributed by atoms with Crippen LogP contribution < -0.4 is 11.1 Å². The Bertz CT molecular complexity index is 261. The van der Waals surface area contributed by atoms with Crippen molar-refractivity contribution >= 4 is 5.91 Å². The number of hydrogen-bond acceptors (Lipinski definition) is 2. The third kappa shape index (κ3) is 2.40. The van der Waals surface area contributed by atoms with Crippen molar-refractivity contribution in [2.45, 2.75) is 45.4 Å². The molecular formula is C13H24N2O. The van der Waals surface area contributed by atoms with Crippen LogP contribution >= 0.6 is 0 Å². The summed E-state index contributed by atoms with van der Waals surface area (Å²) in [7, 11) is 0. The fraction of sp³-hybridized carbons (Fsp3) is 0.923. The molecular weight excluding hydrogens is 200 g/mol. The number of rotatable bonds is 4. The number of nitrogens with two attached hydrogens (primary N) is 1. The van der Waals surface area contributed by atoms with Gasteiger partial charge >= 0.3 is 0 Å². The topological polar surface area (TPSA) is 55.1 Å². The van der Waals surface area contributed by atoms with Crippen LogP contribution in [0.15, 0.2) is 0 Å². The number of carbonyl (C=O) groups is 1. The largest absolute Gasteiger partial charge is 0.355 e. The van der Waals surface area contributed by atoms with E-state index >= 15 is 0 Å². The Kier molecular flexibility index (Phi) is 3.53. The second-order valence-corrected chi connectivity index (χ2v) is 5.72. The molecule has 16 heavy (non-hydrogen) atoms. The number of hydrogen-bond donors (Lipinski definition) is 2. The SMILES string of the molecule is CC1CCCCC1CNC(=O)C1(CN)CC1. The summed E-state index contributed by atoms with van der Waals surface area (Å²) in [6, 6.07) is 0. The summed E-state index contributed by atoms with van der Waals surface area (Å²) in [6.45, 7) is 3.69. The first kappa shape index (κ1) is 11.9. The fourth-order valence-corrected chi connectivity index (χ4v) is 2.78. The highest BCUT2D eigenvalue weighted by atomic mass is 16.2. The van der Waals surface area contributed by atoms with Gasteiger partial charge in [0.15, 0.2) is 0 Å². The average Bonchev–Trinajstić information content (AvgIpc) is 3.08. The summed E-state index contributed by atoms with van der Waals surface area (Å²) in [4.78, 5) is 11.9. The van der Waals surface area contributed by atoms with Crippen molar-refractivity contribution in [2.75, 3.05) is 13.1 Å². The van der Waals surface area contributed by atoms with Gasteiger partial charge in [0.05, 0.1) is 5.41 Å². The lowest BCUT2D eigenvalue weighted by molar-refractivity contribution is -0.126. The van der Waals surface area contributed by atoms with Crippen molar-refractivity contribution in [3.8, 4) is 0 Å². The Balaban J connectivity index is 1.76. The summed E-state index contributed by atoms with van der Waals surface area (Å²) >= 11 is 0. The van der Waals surface area contributed by atoms with Crippen molar-refractivity contribution in [2.24, 2.45) is 23.0 Å². The minimum atomic E-state index is -0.183. The van der Waals surface area contributed by atoms with Crippen LogP contribution in [0.25, 0.3) is 0 Å². The molecule has 92 valence electrons. The number of nitrogens with one attached hydrogen (secondary N) is 1. The molecule has 0 saturated heterocycles. The smallest absolute Gasteiger partial charge is 0.227 e. The quantitative estimate of drug-likeness (QED) is 0.763. The molecule has 2 fully saturated rings. The van der Waals surface area contributed by atoms with Crippen LogP contribution in [0.2, 0.25) is 0 Å². The number of amides is 1. The van der Waals surface area contributed by atoms with Gasteiger partial charge < -0.3 is 11.1 Å². The van der Waals surface area contributed by atoms with Crippen molar-refractivity contribution in [3.05, 3.63) is 0 Å². The molecule has 0 bridgehead atoms. The maximum absolute atomic E-state index is 11.9. The van der Waals surface area contributed by atoms with E-state index in [-0.39, 0.29) is 11.3 Å². The predicted molar refractivity (Wildman–Crippen MR) is 64.9 cm³/mol. The second-order valence-electron chi connectivity index (χ2n) is 5.72. The molecule has 0 aromatic carbocycles. The first-order chi connectivity index (χ1) is 7.68. The van der Waals surface area contributed by atoms with E-state index in [0.29, 0.717) is 12.5 Å². The molecule has 0 heterocycles. The van der Waals surface area contributed by atoms with Gasteiger partial charge in [-0.2, -0.15) is 0 Å². The molecule has 2 rings (SSSR count). The van der Waals surface area contributed by atoms with Gasteiger partial charge in [-0.15, -0.1) is 0 Å². The monoisotopic (exact) mass is 224 g/mol. The zero-order chi connectivity index (χ0) is 11.6. The average molecular weight is 224 g/mol. The van der Waals surface area contributed by atoms with E-state index < -0.39 is 0 Å². The van der Waals surface area contributed by atoms with Gasteiger partial charge in [-0.05, 0) is 31.1 Å². The molecule has 3 nitrogen and oxygen atoms in total. The highest BCUT2D eigenvalue weighted by molar-refractivity contribution is 5.85. The molecule has 3 heteroatoms. The van der Waals surface area contributed by atoms with E-state index in [2.05, 4.69) is 12.2 Å². The van der Waals surface area contributed by atoms with Crippen molar-refractivity contribution in [3.63, 3.8) is 0 Å². The molecule has 2 aliphatic carbocycles. The van der Waals surface area contributed by atoms with Gasteiger partial charge in [-0.1, -0.05) is 26.2 Å². The minimum Gasteiger partial charge on any atom is -0.355 e. The van der Waals surface area contributed by atoms with E-state index in [4.69, 9.17) is 5.73 Å². The van der Waals surface area contributed by atoms with E-state index in [9.17, 15) is 4.79 Å². The molecule has 3 N–H and O–H groups in total. The lowest BCUT2D eigenvalue weighted by Gasteiger charge is -2.29. The van der Waals surface area contributed by atoms with E-state index in [1.165, 1.54) is 25.7 Å². The molecule has 2 unspecified atom stereocenters. The van der Waals surface area contributed by atoms with Gasteiger partial charge in [-0.25, -0.2) is 0 Å². The Morgan fingerprint density at radius 3 is 2.62 bits per heavy atom. The third-order valence-electron chi connectivity index (χ3n) is 4.54. The molecule has 0 aliphatic heterocycles. The van der Waals surface area contributed by atoms with Gasteiger partial charge in [0.2, 0.25) is 5.91 Å². The molecule has 0 aromatic rings. The Morgan fingerprint density at radius 2 is 2.06 bits per heavy atom. The van der Waals surface area contributed by atoms with Crippen LogP contribution in [0.5, 0.6) is 0 Å². The van der Waals surface area contributed by atoms with Crippen molar-refractivity contribution in [1.82, 2.24) is 5.32 Å². The summed E-state index contributed by atoms with van der Waals surface area (Å²) < 4.78 is 0. The summed E-state index contributed by atoms with van der Waals surface area (Å²) in [5.41, 5.74) is 5.46. The zero-order valence-electron chi connectivity index (χ0n) is 10.3.